The molecular formula is C20H13ClN6O2S. The van der Waals surface area contributed by atoms with Gasteiger partial charge in [0.25, 0.3) is 5.91 Å². The van der Waals surface area contributed by atoms with Gasteiger partial charge >= 0.3 is 0 Å². The molecular weight excluding hydrogens is 424 g/mol. The summed E-state index contributed by atoms with van der Waals surface area (Å²) in [6.45, 7) is 0. The molecule has 0 fully saturated rings. The lowest BCUT2D eigenvalue weighted by molar-refractivity contribution is 0.0996. The molecule has 1 amide bonds. The number of oxazole rings is 1. The largest absolute Gasteiger partial charge is 0.438 e. The van der Waals surface area contributed by atoms with Crippen LogP contribution in [0.3, 0.4) is 0 Å². The van der Waals surface area contributed by atoms with Crippen LogP contribution in [0.4, 0.5) is 5.69 Å². The number of benzene rings is 2. The Morgan fingerprint density at radius 3 is 3.03 bits per heavy atom. The fraction of sp³-hybridized carbons (Fsp3) is 0.0500. The minimum Gasteiger partial charge on any atom is -0.438 e. The van der Waals surface area contributed by atoms with Crippen molar-refractivity contribution in [1.29, 1.82) is 0 Å². The Hall–Kier alpha value is -3.56. The topological polar surface area (TPSA) is 110 Å². The number of rotatable bonds is 5. The van der Waals surface area contributed by atoms with Crippen molar-refractivity contribution >= 4 is 45.6 Å². The zero-order chi connectivity index (χ0) is 20.5. The molecule has 5 aromatic rings. The number of hydrogen-bond acceptors (Lipinski definition) is 7. The van der Waals surface area contributed by atoms with Gasteiger partial charge in [-0.2, -0.15) is 9.47 Å². The number of nitrogens with zero attached hydrogens (tertiary/aromatic N) is 4. The lowest BCUT2D eigenvalue weighted by Gasteiger charge is -2.04. The Morgan fingerprint density at radius 1 is 1.23 bits per heavy atom. The number of nitrogens with one attached hydrogen (secondary N) is 2. The molecule has 30 heavy (non-hydrogen) atoms. The number of hydrogen-bond donors (Lipinski definition) is 2. The van der Waals surface area contributed by atoms with E-state index < -0.39 is 0 Å². The highest BCUT2D eigenvalue weighted by atomic mass is 35.5. The summed E-state index contributed by atoms with van der Waals surface area (Å²) in [5.41, 5.74) is 3.26. The third-order valence-corrected chi connectivity index (χ3v) is 5.64. The maximum absolute atomic E-state index is 12.1. The van der Waals surface area contributed by atoms with Crippen LogP contribution in [0, 0.1) is 0 Å². The van der Waals surface area contributed by atoms with Gasteiger partial charge in [-0.3, -0.25) is 9.89 Å². The molecule has 2 aromatic carbocycles. The molecule has 0 aliphatic rings. The van der Waals surface area contributed by atoms with E-state index in [4.69, 9.17) is 16.0 Å². The third kappa shape index (κ3) is 3.56. The predicted molar refractivity (Wildman–Crippen MR) is 114 cm³/mol. The van der Waals surface area contributed by atoms with Gasteiger partial charge in [0, 0.05) is 23.1 Å². The summed E-state index contributed by atoms with van der Waals surface area (Å²) in [7, 11) is 0. The van der Waals surface area contributed by atoms with Crippen LogP contribution in [-0.2, 0) is 6.42 Å². The lowest BCUT2D eigenvalue weighted by atomic mass is 10.1. The molecule has 0 bridgehead atoms. The van der Waals surface area contributed by atoms with E-state index >= 15 is 0 Å². The van der Waals surface area contributed by atoms with Crippen LogP contribution in [0.15, 0.2) is 59.6 Å². The molecule has 0 saturated heterocycles. The molecule has 5 rings (SSSR count). The van der Waals surface area contributed by atoms with E-state index in [0.717, 1.165) is 27.0 Å². The number of H-pyrrole nitrogens is 1. The van der Waals surface area contributed by atoms with E-state index in [1.54, 1.807) is 12.3 Å². The first-order chi connectivity index (χ1) is 14.7. The second-order valence-electron chi connectivity index (χ2n) is 6.46. The first-order valence-electron chi connectivity index (χ1n) is 8.91. The summed E-state index contributed by atoms with van der Waals surface area (Å²) >= 11 is 7.83. The highest BCUT2D eigenvalue weighted by Crippen LogP contribution is 2.29. The number of aromatic amines is 1. The molecule has 2 N–H and O–H groups in total. The molecule has 3 heterocycles. The summed E-state index contributed by atoms with van der Waals surface area (Å²) < 4.78 is 9.47. The van der Waals surface area contributed by atoms with Gasteiger partial charge in [0.2, 0.25) is 5.76 Å². The van der Waals surface area contributed by atoms with Crippen LogP contribution >= 0.6 is 23.1 Å². The summed E-state index contributed by atoms with van der Waals surface area (Å²) in [4.78, 5) is 20.5. The minimum absolute atomic E-state index is 0.140. The maximum atomic E-state index is 12.1. The van der Waals surface area contributed by atoms with E-state index in [2.05, 4.69) is 29.9 Å². The fourth-order valence-corrected chi connectivity index (χ4v) is 3.99. The maximum Gasteiger partial charge on any atom is 0.293 e. The molecule has 0 aliphatic heterocycles. The number of carbonyl (C=O) groups excluding carboxylic acids is 1. The van der Waals surface area contributed by atoms with Crippen molar-refractivity contribution in [1.82, 2.24) is 24.5 Å². The van der Waals surface area contributed by atoms with E-state index in [9.17, 15) is 4.79 Å². The fourth-order valence-electron chi connectivity index (χ4n) is 3.03. The molecule has 0 unspecified atom stereocenters. The summed E-state index contributed by atoms with van der Waals surface area (Å²) in [5.74, 6) is 0.355. The van der Waals surface area contributed by atoms with Gasteiger partial charge in [-0.15, -0.1) is 0 Å². The molecule has 0 atom stereocenters. The molecule has 0 spiro atoms. The second kappa shape index (κ2) is 7.69. The van der Waals surface area contributed by atoms with Crippen molar-refractivity contribution in [3.8, 4) is 11.4 Å². The lowest BCUT2D eigenvalue weighted by Crippen LogP contribution is -2.10. The van der Waals surface area contributed by atoms with Crippen LogP contribution in [0.25, 0.3) is 22.3 Å². The van der Waals surface area contributed by atoms with Crippen molar-refractivity contribution < 1.29 is 9.21 Å². The van der Waals surface area contributed by atoms with Crippen LogP contribution in [-0.4, -0.2) is 30.4 Å². The summed E-state index contributed by atoms with van der Waals surface area (Å²) in [6.07, 6.45) is 4.85. The predicted octanol–water partition coefficient (Wildman–Crippen LogP) is 4.57. The molecule has 10 heteroatoms. The number of amides is 1. The monoisotopic (exact) mass is 436 g/mol. The molecule has 0 aliphatic carbocycles. The number of halogens is 1. The number of aromatic nitrogens is 5. The Kier molecular flexibility index (Phi) is 4.74. The quantitative estimate of drug-likeness (QED) is 0.417. The van der Waals surface area contributed by atoms with Crippen molar-refractivity contribution in [3.05, 3.63) is 76.5 Å². The highest BCUT2D eigenvalue weighted by molar-refractivity contribution is 7.05. The highest BCUT2D eigenvalue weighted by Gasteiger charge is 2.14. The first-order valence-corrected chi connectivity index (χ1v) is 10.1. The third-order valence-electron chi connectivity index (χ3n) is 4.48. The van der Waals surface area contributed by atoms with E-state index in [1.165, 1.54) is 24.1 Å². The SMILES string of the molecule is O=C(Nc1cccc(-c2nsc(Cc3ccc4[nH]ncc4c3Cl)n2)c1)c1cnco1. The summed E-state index contributed by atoms with van der Waals surface area (Å²) in [6, 6.07) is 11.2. The normalized spacial score (nSPS) is 11.1. The van der Waals surface area contributed by atoms with Gasteiger partial charge in [0.1, 0.15) is 5.01 Å². The van der Waals surface area contributed by atoms with E-state index in [-0.39, 0.29) is 11.7 Å². The van der Waals surface area contributed by atoms with Gasteiger partial charge in [-0.05, 0) is 35.3 Å². The zero-order valence-electron chi connectivity index (χ0n) is 15.3. The van der Waals surface area contributed by atoms with Crippen LogP contribution < -0.4 is 5.32 Å². The minimum atomic E-state index is -0.374. The molecule has 0 saturated carbocycles. The average Bonchev–Trinajstić information content (AvgIpc) is 3.52. The Balaban J connectivity index is 1.36. The molecule has 8 nitrogen and oxygen atoms in total. The average molecular weight is 437 g/mol. The van der Waals surface area contributed by atoms with Crippen molar-refractivity contribution in [2.45, 2.75) is 6.42 Å². The van der Waals surface area contributed by atoms with Crippen LogP contribution in [0.1, 0.15) is 21.1 Å². The Bertz CT molecular complexity index is 1340. The van der Waals surface area contributed by atoms with Crippen molar-refractivity contribution in [2.24, 2.45) is 0 Å². The van der Waals surface area contributed by atoms with E-state index in [0.29, 0.717) is 23.0 Å². The van der Waals surface area contributed by atoms with Gasteiger partial charge in [-0.1, -0.05) is 29.8 Å². The second-order valence-corrected chi connectivity index (χ2v) is 7.67. The number of fused-ring (bicyclic) bond motifs is 1. The van der Waals surface area contributed by atoms with Crippen LogP contribution in [0.2, 0.25) is 5.02 Å². The Morgan fingerprint density at radius 2 is 2.17 bits per heavy atom. The zero-order valence-corrected chi connectivity index (χ0v) is 16.9. The van der Waals surface area contributed by atoms with Gasteiger partial charge in [0.05, 0.1) is 22.9 Å². The van der Waals surface area contributed by atoms with Gasteiger partial charge in [0.15, 0.2) is 12.2 Å². The molecule has 148 valence electrons. The molecule has 0 radical (unpaired) electrons. The number of carbonyl (C=O) groups is 1. The molecule has 3 aromatic heterocycles. The Labute approximate surface area is 179 Å². The number of anilines is 1. The van der Waals surface area contributed by atoms with Crippen LogP contribution in [0.5, 0.6) is 0 Å². The standard InChI is InChI=1S/C20H13ClN6O2S/c21-18-11(4-5-15-14(18)8-23-26-15)7-17-25-19(27-30-17)12-2-1-3-13(6-12)24-20(28)16-9-22-10-29-16/h1-6,8-10H,7H2,(H,23,26)(H,24,28). The van der Waals surface area contributed by atoms with Gasteiger partial charge < -0.3 is 9.73 Å². The smallest absolute Gasteiger partial charge is 0.293 e. The van der Waals surface area contributed by atoms with Gasteiger partial charge in [-0.25, -0.2) is 9.97 Å². The summed E-state index contributed by atoms with van der Waals surface area (Å²) in [5, 5.41) is 12.1. The van der Waals surface area contributed by atoms with Crippen molar-refractivity contribution in [3.63, 3.8) is 0 Å². The first kappa shape index (κ1) is 18.5. The van der Waals surface area contributed by atoms with Crippen molar-refractivity contribution in [2.75, 3.05) is 5.32 Å². The van der Waals surface area contributed by atoms with E-state index in [1.807, 2.05) is 30.3 Å².